The van der Waals surface area contributed by atoms with Crippen LogP contribution in [-0.2, 0) is 6.54 Å². The van der Waals surface area contributed by atoms with E-state index in [2.05, 4.69) is 15.3 Å². The summed E-state index contributed by atoms with van der Waals surface area (Å²) >= 11 is 6.09. The van der Waals surface area contributed by atoms with Crippen LogP contribution in [0.25, 0.3) is 0 Å². The second-order valence-electron chi connectivity index (χ2n) is 8.61. The first-order valence-corrected chi connectivity index (χ1v) is 11.6. The van der Waals surface area contributed by atoms with Crippen LogP contribution < -0.4 is 10.2 Å². The third-order valence-electron chi connectivity index (χ3n) is 6.60. The van der Waals surface area contributed by atoms with Crippen LogP contribution in [-0.4, -0.2) is 40.4 Å². The lowest BCUT2D eigenvalue weighted by atomic mass is 10.0. The number of aromatic nitrogens is 2. The monoisotopic (exact) mass is 483 g/mol. The van der Waals surface area contributed by atoms with Gasteiger partial charge < -0.3 is 15.1 Å². The van der Waals surface area contributed by atoms with Crippen LogP contribution in [0, 0.1) is 18.6 Å². The zero-order valence-electron chi connectivity index (χ0n) is 18.7. The van der Waals surface area contributed by atoms with Gasteiger partial charge in [0.2, 0.25) is 0 Å². The molecule has 1 unspecified atom stereocenters. The van der Waals surface area contributed by atoms with Crippen LogP contribution in [0.2, 0.25) is 5.02 Å². The fourth-order valence-corrected chi connectivity index (χ4v) is 5.11. The van der Waals surface area contributed by atoms with Gasteiger partial charge in [0, 0.05) is 50.3 Å². The van der Waals surface area contributed by atoms with Gasteiger partial charge in [0.15, 0.2) is 0 Å². The Kier molecular flexibility index (Phi) is 6.08. The van der Waals surface area contributed by atoms with Gasteiger partial charge in [-0.15, -0.1) is 0 Å². The molecule has 1 fully saturated rings. The molecule has 5 rings (SSSR count). The molecule has 1 aromatic carbocycles. The summed E-state index contributed by atoms with van der Waals surface area (Å²) in [5.41, 5.74) is 3.04. The maximum atomic E-state index is 14.5. The standard InChI is InChI=1S/C25H24ClF2N5O/c1-15-17(25(34)33-10-3-5-21(33)16-4-2-8-29-12-16)13-31-24-23(15)32(11-9-30-24)14-18-19(27)6-7-20(28)22(18)26/h2,4,6-8,12-13,21H,3,5,9-11,14H2,1H3,(H,30,31). The molecule has 34 heavy (non-hydrogen) atoms. The predicted octanol–water partition coefficient (Wildman–Crippen LogP) is 5.13. The van der Waals surface area contributed by atoms with Crippen LogP contribution in [0.3, 0.4) is 0 Å². The van der Waals surface area contributed by atoms with E-state index in [0.29, 0.717) is 36.7 Å². The quantitative estimate of drug-likeness (QED) is 0.521. The number of hydrogen-bond acceptors (Lipinski definition) is 5. The van der Waals surface area contributed by atoms with Crippen molar-refractivity contribution < 1.29 is 13.6 Å². The maximum absolute atomic E-state index is 14.5. The topological polar surface area (TPSA) is 61.4 Å². The van der Waals surface area contributed by atoms with E-state index in [9.17, 15) is 13.6 Å². The number of carbonyl (C=O) groups is 1. The second kappa shape index (κ2) is 9.18. The Labute approximate surface area is 201 Å². The van der Waals surface area contributed by atoms with Crippen molar-refractivity contribution in [2.24, 2.45) is 0 Å². The number of anilines is 2. The van der Waals surface area contributed by atoms with E-state index in [1.807, 2.05) is 28.9 Å². The first kappa shape index (κ1) is 22.5. The largest absolute Gasteiger partial charge is 0.367 e. The summed E-state index contributed by atoms with van der Waals surface area (Å²) in [6.45, 7) is 3.70. The number of amides is 1. The molecule has 1 N–H and O–H groups in total. The fourth-order valence-electron chi connectivity index (χ4n) is 4.89. The molecule has 0 aliphatic carbocycles. The lowest BCUT2D eigenvalue weighted by Crippen LogP contribution is -2.36. The average Bonchev–Trinajstić information content (AvgIpc) is 3.35. The number of nitrogens with zero attached hydrogens (tertiary/aromatic N) is 4. The normalized spacial score (nSPS) is 17.5. The number of fused-ring (bicyclic) bond motifs is 1. The van der Waals surface area contributed by atoms with Gasteiger partial charge in [-0.1, -0.05) is 17.7 Å². The van der Waals surface area contributed by atoms with Crippen molar-refractivity contribution in [2.45, 2.75) is 32.4 Å². The summed E-state index contributed by atoms with van der Waals surface area (Å²) in [7, 11) is 0. The number of rotatable bonds is 4. The number of nitrogens with one attached hydrogen (secondary N) is 1. The van der Waals surface area contributed by atoms with Gasteiger partial charge in [-0.05, 0) is 49.1 Å². The molecule has 1 atom stereocenters. The highest BCUT2D eigenvalue weighted by atomic mass is 35.5. The van der Waals surface area contributed by atoms with Crippen molar-refractivity contribution in [1.82, 2.24) is 14.9 Å². The minimum absolute atomic E-state index is 0.0361. The molecule has 9 heteroatoms. The van der Waals surface area contributed by atoms with Crippen LogP contribution >= 0.6 is 11.6 Å². The summed E-state index contributed by atoms with van der Waals surface area (Å²) in [6.07, 6.45) is 6.91. The summed E-state index contributed by atoms with van der Waals surface area (Å²) in [5.74, 6) is -0.721. The molecule has 1 saturated heterocycles. The molecular formula is C25H24ClF2N5O. The molecule has 2 aliphatic rings. The van der Waals surface area contributed by atoms with Crippen molar-refractivity contribution in [3.8, 4) is 0 Å². The van der Waals surface area contributed by atoms with E-state index < -0.39 is 11.6 Å². The molecule has 2 aromatic heterocycles. The molecule has 3 aromatic rings. The van der Waals surface area contributed by atoms with E-state index in [0.717, 1.165) is 36.1 Å². The number of likely N-dealkylation sites (tertiary alicyclic amines) is 1. The zero-order valence-corrected chi connectivity index (χ0v) is 19.4. The third kappa shape index (κ3) is 3.96. The summed E-state index contributed by atoms with van der Waals surface area (Å²) in [6, 6.07) is 5.93. The third-order valence-corrected chi connectivity index (χ3v) is 7.01. The van der Waals surface area contributed by atoms with Gasteiger partial charge in [0.25, 0.3) is 5.91 Å². The van der Waals surface area contributed by atoms with Gasteiger partial charge >= 0.3 is 0 Å². The van der Waals surface area contributed by atoms with Crippen LogP contribution in [0.5, 0.6) is 0 Å². The SMILES string of the molecule is Cc1c(C(=O)N2CCCC2c2cccnc2)cnc2c1N(Cc1c(F)ccc(F)c1Cl)CCN2. The highest BCUT2D eigenvalue weighted by Gasteiger charge is 2.33. The summed E-state index contributed by atoms with van der Waals surface area (Å²) in [5, 5.41) is 3.02. The molecule has 1 amide bonds. The predicted molar refractivity (Wildman–Crippen MR) is 127 cm³/mol. The lowest BCUT2D eigenvalue weighted by Gasteiger charge is -2.34. The Morgan fingerprint density at radius 2 is 2.03 bits per heavy atom. The Morgan fingerprint density at radius 3 is 2.82 bits per heavy atom. The Balaban J connectivity index is 1.49. The number of halogens is 3. The van der Waals surface area contributed by atoms with Gasteiger partial charge in [0.05, 0.1) is 22.3 Å². The maximum Gasteiger partial charge on any atom is 0.256 e. The summed E-state index contributed by atoms with van der Waals surface area (Å²) < 4.78 is 28.5. The molecule has 176 valence electrons. The van der Waals surface area contributed by atoms with Crippen molar-refractivity contribution >= 4 is 29.0 Å². The van der Waals surface area contributed by atoms with E-state index in [1.54, 1.807) is 18.6 Å². The highest BCUT2D eigenvalue weighted by molar-refractivity contribution is 6.31. The molecule has 6 nitrogen and oxygen atoms in total. The van der Waals surface area contributed by atoms with E-state index in [4.69, 9.17) is 11.6 Å². The average molecular weight is 484 g/mol. The van der Waals surface area contributed by atoms with E-state index in [-0.39, 0.29) is 29.1 Å². The van der Waals surface area contributed by atoms with Gasteiger partial charge in [0.1, 0.15) is 17.5 Å². The molecule has 0 saturated carbocycles. The van der Waals surface area contributed by atoms with Crippen molar-refractivity contribution in [1.29, 1.82) is 0 Å². The molecular weight excluding hydrogens is 460 g/mol. The van der Waals surface area contributed by atoms with Crippen LogP contribution in [0.15, 0.2) is 42.9 Å². The first-order valence-electron chi connectivity index (χ1n) is 11.3. The molecule has 0 spiro atoms. The van der Waals surface area contributed by atoms with Gasteiger partial charge in [-0.3, -0.25) is 9.78 Å². The zero-order chi connectivity index (χ0) is 23.8. The first-order chi connectivity index (χ1) is 16.5. The Bertz CT molecular complexity index is 1240. The molecule has 0 bridgehead atoms. The van der Waals surface area contributed by atoms with Crippen molar-refractivity contribution in [3.05, 3.63) is 81.8 Å². The molecule has 4 heterocycles. The number of hydrogen-bond donors (Lipinski definition) is 1. The summed E-state index contributed by atoms with van der Waals surface area (Å²) in [4.78, 5) is 26.1. The number of benzene rings is 1. The smallest absolute Gasteiger partial charge is 0.256 e. The molecule has 0 radical (unpaired) electrons. The van der Waals surface area contributed by atoms with Crippen LogP contribution in [0.4, 0.5) is 20.3 Å². The van der Waals surface area contributed by atoms with Crippen molar-refractivity contribution in [3.63, 3.8) is 0 Å². The number of pyridine rings is 2. The van der Waals surface area contributed by atoms with E-state index >= 15 is 0 Å². The Morgan fingerprint density at radius 1 is 1.21 bits per heavy atom. The van der Waals surface area contributed by atoms with Crippen molar-refractivity contribution in [2.75, 3.05) is 29.9 Å². The second-order valence-corrected chi connectivity index (χ2v) is 8.99. The minimum Gasteiger partial charge on any atom is -0.367 e. The van der Waals surface area contributed by atoms with Gasteiger partial charge in [-0.2, -0.15) is 0 Å². The minimum atomic E-state index is -0.664. The lowest BCUT2D eigenvalue weighted by molar-refractivity contribution is 0.0734. The van der Waals surface area contributed by atoms with E-state index in [1.165, 1.54) is 0 Å². The Hall–Kier alpha value is -3.26. The van der Waals surface area contributed by atoms with Crippen LogP contribution in [0.1, 0.15) is 45.9 Å². The highest BCUT2D eigenvalue weighted by Crippen LogP contribution is 2.38. The van der Waals surface area contributed by atoms with Gasteiger partial charge in [-0.25, -0.2) is 13.8 Å². The fraction of sp³-hybridized carbons (Fsp3) is 0.320. The number of carbonyl (C=O) groups excluding carboxylic acids is 1. The molecule has 2 aliphatic heterocycles.